The lowest BCUT2D eigenvalue weighted by atomic mass is 10.2. The summed E-state index contributed by atoms with van der Waals surface area (Å²) in [6, 6.07) is 7.28. The summed E-state index contributed by atoms with van der Waals surface area (Å²) in [7, 11) is 0. The molecule has 0 aromatic heterocycles. The fourth-order valence-electron chi connectivity index (χ4n) is 2.22. The smallest absolute Gasteiger partial charge is 0.321 e. The topological polar surface area (TPSA) is 52.6 Å². The van der Waals surface area contributed by atoms with Gasteiger partial charge in [0.25, 0.3) is 0 Å². The Morgan fingerprint density at radius 3 is 2.61 bits per heavy atom. The van der Waals surface area contributed by atoms with Gasteiger partial charge >= 0.3 is 6.03 Å². The third-order valence-corrected chi connectivity index (χ3v) is 3.25. The van der Waals surface area contributed by atoms with Crippen LogP contribution in [0.25, 0.3) is 0 Å². The van der Waals surface area contributed by atoms with E-state index in [-0.39, 0.29) is 12.6 Å². The van der Waals surface area contributed by atoms with Crippen molar-refractivity contribution in [2.24, 2.45) is 0 Å². The number of anilines is 1. The van der Waals surface area contributed by atoms with E-state index >= 15 is 0 Å². The Morgan fingerprint density at radius 1 is 1.22 bits per heavy atom. The van der Waals surface area contributed by atoms with E-state index in [2.05, 4.69) is 5.32 Å². The van der Waals surface area contributed by atoms with Gasteiger partial charge in [-0.15, -0.1) is 0 Å². The molecule has 1 saturated heterocycles. The Balaban J connectivity index is 1.96. The molecular weight excluding hydrogens is 228 g/mol. The zero-order chi connectivity index (χ0) is 12.8. The van der Waals surface area contributed by atoms with Gasteiger partial charge in [0.1, 0.15) is 0 Å². The number of nitrogens with zero attached hydrogens (tertiary/aromatic N) is 1. The third-order valence-electron chi connectivity index (χ3n) is 3.25. The molecule has 18 heavy (non-hydrogen) atoms. The predicted octanol–water partition coefficient (Wildman–Crippen LogP) is 2.59. The summed E-state index contributed by atoms with van der Waals surface area (Å²) in [5, 5.41) is 11.9. The highest BCUT2D eigenvalue weighted by Gasteiger charge is 2.15. The average molecular weight is 248 g/mol. The Hall–Kier alpha value is -1.55. The molecule has 1 aliphatic rings. The molecular formula is C14H20N2O2. The van der Waals surface area contributed by atoms with Crippen molar-refractivity contribution in [2.45, 2.75) is 32.3 Å². The summed E-state index contributed by atoms with van der Waals surface area (Å²) >= 11 is 0. The zero-order valence-corrected chi connectivity index (χ0v) is 10.6. The number of amides is 2. The Kier molecular flexibility index (Phi) is 4.59. The number of nitrogens with one attached hydrogen (secondary N) is 1. The molecule has 1 fully saturated rings. The van der Waals surface area contributed by atoms with Gasteiger partial charge in [-0.3, -0.25) is 0 Å². The van der Waals surface area contributed by atoms with Crippen LogP contribution >= 0.6 is 0 Å². The quantitative estimate of drug-likeness (QED) is 0.845. The number of carbonyl (C=O) groups excluding carboxylic acids is 1. The van der Waals surface area contributed by atoms with Crippen molar-refractivity contribution in [3.8, 4) is 0 Å². The van der Waals surface area contributed by atoms with Crippen molar-refractivity contribution in [3.63, 3.8) is 0 Å². The Morgan fingerprint density at radius 2 is 1.94 bits per heavy atom. The molecule has 2 amide bonds. The molecule has 4 nitrogen and oxygen atoms in total. The van der Waals surface area contributed by atoms with Gasteiger partial charge in [0.15, 0.2) is 0 Å². The fraction of sp³-hybridized carbons (Fsp3) is 0.500. The van der Waals surface area contributed by atoms with Gasteiger partial charge in [0.05, 0.1) is 6.61 Å². The third kappa shape index (κ3) is 3.47. The van der Waals surface area contributed by atoms with Crippen molar-refractivity contribution in [1.29, 1.82) is 0 Å². The molecule has 0 radical (unpaired) electrons. The van der Waals surface area contributed by atoms with Crippen molar-refractivity contribution >= 4 is 11.7 Å². The van der Waals surface area contributed by atoms with E-state index < -0.39 is 0 Å². The second kappa shape index (κ2) is 6.40. The van der Waals surface area contributed by atoms with E-state index in [4.69, 9.17) is 5.11 Å². The number of likely N-dealkylation sites (tertiary alicyclic amines) is 1. The highest BCUT2D eigenvalue weighted by atomic mass is 16.3. The number of hydrogen-bond acceptors (Lipinski definition) is 2. The summed E-state index contributed by atoms with van der Waals surface area (Å²) in [5.41, 5.74) is 1.56. The largest absolute Gasteiger partial charge is 0.392 e. The molecule has 1 heterocycles. The first-order valence-corrected chi connectivity index (χ1v) is 6.55. The molecule has 0 bridgehead atoms. The van der Waals surface area contributed by atoms with Crippen LogP contribution in [0.1, 0.15) is 31.2 Å². The van der Waals surface area contributed by atoms with Crippen LogP contribution in [0, 0.1) is 0 Å². The van der Waals surface area contributed by atoms with Gasteiger partial charge in [-0.05, 0) is 30.5 Å². The lowest BCUT2D eigenvalue weighted by Crippen LogP contribution is -2.35. The van der Waals surface area contributed by atoms with Crippen LogP contribution in [0.5, 0.6) is 0 Å². The van der Waals surface area contributed by atoms with Crippen molar-refractivity contribution in [2.75, 3.05) is 18.4 Å². The van der Waals surface area contributed by atoms with Crippen molar-refractivity contribution in [3.05, 3.63) is 29.8 Å². The van der Waals surface area contributed by atoms with Crippen LogP contribution in [0.4, 0.5) is 10.5 Å². The van der Waals surface area contributed by atoms with Crippen LogP contribution in [0.15, 0.2) is 24.3 Å². The van der Waals surface area contributed by atoms with E-state index in [1.165, 1.54) is 12.8 Å². The van der Waals surface area contributed by atoms with Crippen molar-refractivity contribution in [1.82, 2.24) is 4.90 Å². The summed E-state index contributed by atoms with van der Waals surface area (Å²) in [4.78, 5) is 13.9. The molecule has 0 atom stereocenters. The van der Waals surface area contributed by atoms with Gasteiger partial charge in [-0.1, -0.05) is 25.0 Å². The number of aliphatic hydroxyl groups is 1. The van der Waals surface area contributed by atoms with Crippen molar-refractivity contribution < 1.29 is 9.90 Å². The first kappa shape index (κ1) is 12.9. The summed E-state index contributed by atoms with van der Waals surface area (Å²) in [6.07, 6.45) is 4.60. The van der Waals surface area contributed by atoms with E-state index in [1.807, 2.05) is 23.1 Å². The number of hydrogen-bond donors (Lipinski definition) is 2. The molecule has 1 aromatic rings. The minimum atomic E-state index is -0.0352. The zero-order valence-electron chi connectivity index (χ0n) is 10.6. The van der Waals surface area contributed by atoms with Gasteiger partial charge < -0.3 is 15.3 Å². The van der Waals surface area contributed by atoms with Gasteiger partial charge in [-0.25, -0.2) is 4.79 Å². The summed E-state index contributed by atoms with van der Waals surface area (Å²) in [5.74, 6) is 0. The minimum absolute atomic E-state index is 0.00652. The first-order valence-electron chi connectivity index (χ1n) is 6.55. The van der Waals surface area contributed by atoms with Gasteiger partial charge in [-0.2, -0.15) is 0 Å². The fourth-order valence-corrected chi connectivity index (χ4v) is 2.22. The predicted molar refractivity (Wildman–Crippen MR) is 71.4 cm³/mol. The minimum Gasteiger partial charge on any atom is -0.392 e. The summed E-state index contributed by atoms with van der Waals surface area (Å²) < 4.78 is 0. The first-order chi connectivity index (χ1) is 8.79. The molecule has 0 saturated carbocycles. The Bertz CT molecular complexity index is 399. The van der Waals surface area contributed by atoms with Crippen LogP contribution in [-0.4, -0.2) is 29.1 Å². The number of benzene rings is 1. The number of rotatable bonds is 2. The maximum absolute atomic E-state index is 12.1. The number of aliphatic hydroxyl groups excluding tert-OH is 1. The summed E-state index contributed by atoms with van der Waals surface area (Å²) in [6.45, 7) is 1.67. The number of carbonyl (C=O) groups is 1. The van der Waals surface area contributed by atoms with Crippen LogP contribution < -0.4 is 5.32 Å². The molecule has 98 valence electrons. The SMILES string of the molecule is O=C(Nc1cccc(CO)c1)N1CCCCCC1. The van der Waals surface area contributed by atoms with E-state index in [9.17, 15) is 4.79 Å². The average Bonchev–Trinajstić information content (AvgIpc) is 2.68. The number of urea groups is 1. The normalized spacial score (nSPS) is 16.2. The molecule has 0 spiro atoms. The lowest BCUT2D eigenvalue weighted by Gasteiger charge is -2.20. The molecule has 1 aromatic carbocycles. The molecule has 0 unspecified atom stereocenters. The van der Waals surface area contributed by atoms with Gasteiger partial charge in [0, 0.05) is 18.8 Å². The molecule has 4 heteroatoms. The highest BCUT2D eigenvalue weighted by molar-refractivity contribution is 5.89. The standard InChI is InChI=1S/C14H20N2O2/c17-11-12-6-5-7-13(10-12)15-14(18)16-8-3-1-2-4-9-16/h5-7,10,17H,1-4,8-9,11H2,(H,15,18). The lowest BCUT2D eigenvalue weighted by molar-refractivity contribution is 0.213. The van der Waals surface area contributed by atoms with Crippen LogP contribution in [0.3, 0.4) is 0 Å². The second-order valence-electron chi connectivity index (χ2n) is 4.69. The molecule has 1 aliphatic heterocycles. The maximum atomic E-state index is 12.1. The maximum Gasteiger partial charge on any atom is 0.321 e. The molecule has 2 N–H and O–H groups in total. The van der Waals surface area contributed by atoms with Crippen LogP contribution in [-0.2, 0) is 6.61 Å². The second-order valence-corrected chi connectivity index (χ2v) is 4.69. The molecule has 0 aliphatic carbocycles. The van der Waals surface area contributed by atoms with E-state index in [1.54, 1.807) is 6.07 Å². The highest BCUT2D eigenvalue weighted by Crippen LogP contribution is 2.14. The van der Waals surface area contributed by atoms with Gasteiger partial charge in [0.2, 0.25) is 0 Å². The molecule has 2 rings (SSSR count). The van der Waals surface area contributed by atoms with E-state index in [0.29, 0.717) is 0 Å². The van der Waals surface area contributed by atoms with E-state index in [0.717, 1.165) is 37.2 Å². The van der Waals surface area contributed by atoms with Crippen LogP contribution in [0.2, 0.25) is 0 Å². The monoisotopic (exact) mass is 248 g/mol. The Labute approximate surface area is 108 Å².